The van der Waals surface area contributed by atoms with Crippen LogP contribution in [0.5, 0.6) is 11.8 Å². The van der Waals surface area contributed by atoms with Crippen molar-refractivity contribution in [3.8, 4) is 24.1 Å². The number of hydrogen-bond donors (Lipinski definition) is 5. The molecule has 0 spiro atoms. The minimum Gasteiger partial charge on any atom is -0.508 e. The van der Waals surface area contributed by atoms with Crippen LogP contribution in [0.4, 0.5) is 14.7 Å². The third kappa shape index (κ3) is 6.38. The molecule has 4 aliphatic rings. The molecular formula is C34H40F2N6O6. The number of hydrogen-bond acceptors (Lipinski definition) is 12. The number of aliphatic hydroxyl groups is 3. The van der Waals surface area contributed by atoms with Gasteiger partial charge in [-0.05, 0) is 67.8 Å². The minimum absolute atomic E-state index is 0.0235. The van der Waals surface area contributed by atoms with Crippen LogP contribution < -0.4 is 15.0 Å². The van der Waals surface area contributed by atoms with Crippen molar-refractivity contribution in [3.63, 3.8) is 0 Å². The summed E-state index contributed by atoms with van der Waals surface area (Å²) in [7, 11) is 0. The second-order valence-corrected chi connectivity index (χ2v) is 13.7. The van der Waals surface area contributed by atoms with E-state index >= 15 is 0 Å². The topological polar surface area (TPSA) is 157 Å². The standard InChI is InChI=1S/C34H40F2N6O6/c1-2-26-27(36)6-4-21-12-25(44)13-22(29(21)26)5-7-28-37-30(39-31(38-28)47-20-33-9-3-11-42(33)15-23(35)14-33)41-16-24-8-10-32(17-41,40-24)19-48-34(45,46)18-43/h1,4,6,12-13,23-24,40,43-46H,3,5,7-11,14-20H2/t23?,24?,32?,33-/m0/s1. The lowest BCUT2D eigenvalue weighted by molar-refractivity contribution is -0.355. The SMILES string of the molecule is C#Cc1c(F)ccc2cc(O)cc(CCc3nc(OC[C@@]45CCCN4CC(F)C5)nc(N4CC5CCC(COC(O)(O)CO)(C4)N5)n3)c12. The van der Waals surface area contributed by atoms with E-state index in [1.54, 1.807) is 18.2 Å². The maximum absolute atomic E-state index is 14.7. The molecule has 2 bridgehead atoms. The van der Waals surface area contributed by atoms with E-state index in [1.165, 1.54) is 6.07 Å². The average Bonchev–Trinajstić information content (AvgIpc) is 3.70. The molecule has 256 valence electrons. The predicted molar refractivity (Wildman–Crippen MR) is 171 cm³/mol. The monoisotopic (exact) mass is 666 g/mol. The molecule has 0 aliphatic carbocycles. The number of halogens is 2. The molecule has 5 N–H and O–H groups in total. The lowest BCUT2D eigenvalue weighted by Gasteiger charge is -2.42. The Kier molecular flexibility index (Phi) is 8.64. The number of piperazine rings is 1. The van der Waals surface area contributed by atoms with E-state index in [4.69, 9.17) is 25.9 Å². The first-order valence-corrected chi connectivity index (χ1v) is 16.4. The first-order chi connectivity index (χ1) is 23.0. The number of alkyl halides is 1. The number of nitrogens with one attached hydrogen (secondary N) is 1. The minimum atomic E-state index is -2.66. The zero-order valence-corrected chi connectivity index (χ0v) is 26.5. The summed E-state index contributed by atoms with van der Waals surface area (Å²) < 4.78 is 40.7. The Morgan fingerprint density at radius 1 is 1.12 bits per heavy atom. The van der Waals surface area contributed by atoms with Gasteiger partial charge in [-0.25, -0.2) is 8.78 Å². The van der Waals surface area contributed by atoms with Gasteiger partial charge in [0.2, 0.25) is 5.95 Å². The van der Waals surface area contributed by atoms with Gasteiger partial charge >= 0.3 is 12.0 Å². The molecule has 4 atom stereocenters. The fraction of sp³-hybridized carbons (Fsp3) is 0.559. The number of phenolic OH excluding ortho intramolecular Hbond substituents is 1. The number of anilines is 1. The number of ether oxygens (including phenoxy) is 2. The normalized spacial score (nSPS) is 27.0. The van der Waals surface area contributed by atoms with Crippen LogP contribution >= 0.6 is 0 Å². The number of fused-ring (bicyclic) bond motifs is 4. The Bertz CT molecular complexity index is 1740. The second kappa shape index (κ2) is 12.6. The lowest BCUT2D eigenvalue weighted by Crippen LogP contribution is -2.63. The summed E-state index contributed by atoms with van der Waals surface area (Å²) >= 11 is 0. The van der Waals surface area contributed by atoms with Gasteiger partial charge in [-0.2, -0.15) is 15.0 Å². The zero-order chi connectivity index (χ0) is 33.7. The average molecular weight is 667 g/mol. The van der Waals surface area contributed by atoms with Crippen molar-refractivity contribution in [3.05, 3.63) is 47.0 Å². The molecule has 2 aromatic carbocycles. The van der Waals surface area contributed by atoms with Crippen LogP contribution in [0, 0.1) is 18.2 Å². The highest BCUT2D eigenvalue weighted by atomic mass is 19.1. The summed E-state index contributed by atoms with van der Waals surface area (Å²) in [6.07, 6.45) is 9.07. The Balaban J connectivity index is 1.19. The number of aliphatic hydroxyl groups excluding tert-OH is 1. The molecule has 3 unspecified atom stereocenters. The molecule has 1 aromatic heterocycles. The van der Waals surface area contributed by atoms with E-state index in [0.29, 0.717) is 67.0 Å². The van der Waals surface area contributed by atoms with E-state index in [1.807, 2.05) is 4.90 Å². The maximum atomic E-state index is 14.7. The molecule has 48 heavy (non-hydrogen) atoms. The van der Waals surface area contributed by atoms with Crippen molar-refractivity contribution in [1.29, 1.82) is 0 Å². The summed E-state index contributed by atoms with van der Waals surface area (Å²) in [6.45, 7) is 1.34. The molecule has 4 saturated heterocycles. The highest BCUT2D eigenvalue weighted by Gasteiger charge is 2.50. The number of aromatic nitrogens is 3. The van der Waals surface area contributed by atoms with Crippen LogP contribution in [0.3, 0.4) is 0 Å². The Hall–Kier alpha value is -3.71. The molecule has 0 saturated carbocycles. The Morgan fingerprint density at radius 3 is 2.79 bits per heavy atom. The van der Waals surface area contributed by atoms with Gasteiger partial charge in [0, 0.05) is 43.9 Å². The van der Waals surface area contributed by atoms with Gasteiger partial charge in [0.25, 0.3) is 0 Å². The summed E-state index contributed by atoms with van der Waals surface area (Å²) in [6, 6.07) is 6.13. The highest BCUT2D eigenvalue weighted by Crippen LogP contribution is 2.40. The molecular weight excluding hydrogens is 626 g/mol. The molecule has 0 amide bonds. The van der Waals surface area contributed by atoms with E-state index in [-0.39, 0.29) is 43.0 Å². The number of nitrogens with zero attached hydrogens (tertiary/aromatic N) is 5. The molecule has 5 heterocycles. The van der Waals surface area contributed by atoms with E-state index in [9.17, 15) is 29.2 Å². The summed E-state index contributed by atoms with van der Waals surface area (Å²) in [4.78, 5) is 18.3. The molecule has 12 nitrogen and oxygen atoms in total. The molecule has 3 aromatic rings. The number of aryl methyl sites for hydroxylation is 2. The van der Waals surface area contributed by atoms with Gasteiger partial charge in [0.1, 0.15) is 36.8 Å². The van der Waals surface area contributed by atoms with E-state index < -0.39 is 35.6 Å². The van der Waals surface area contributed by atoms with Crippen molar-refractivity contribution in [2.24, 2.45) is 0 Å². The van der Waals surface area contributed by atoms with Crippen molar-refractivity contribution >= 4 is 16.7 Å². The van der Waals surface area contributed by atoms with Gasteiger partial charge in [-0.15, -0.1) is 6.42 Å². The van der Waals surface area contributed by atoms with Crippen molar-refractivity contribution < 1.29 is 38.7 Å². The van der Waals surface area contributed by atoms with Crippen LogP contribution in [-0.4, -0.2) is 116 Å². The third-order valence-corrected chi connectivity index (χ3v) is 10.3. The van der Waals surface area contributed by atoms with Gasteiger partial charge < -0.3 is 40.1 Å². The smallest absolute Gasteiger partial charge is 0.321 e. The third-order valence-electron chi connectivity index (χ3n) is 10.3. The summed E-state index contributed by atoms with van der Waals surface area (Å²) in [5, 5.41) is 44.1. The van der Waals surface area contributed by atoms with Gasteiger partial charge in [0.15, 0.2) is 0 Å². The fourth-order valence-electron chi connectivity index (χ4n) is 8.04. The Morgan fingerprint density at radius 2 is 1.98 bits per heavy atom. The first kappa shape index (κ1) is 32.8. The molecule has 7 rings (SSSR count). The number of terminal acetylenes is 1. The van der Waals surface area contributed by atoms with Crippen LogP contribution in [-0.2, 0) is 17.6 Å². The van der Waals surface area contributed by atoms with Crippen LogP contribution in [0.1, 0.15) is 49.1 Å². The number of aromatic hydroxyl groups is 1. The zero-order valence-electron chi connectivity index (χ0n) is 26.5. The van der Waals surface area contributed by atoms with Crippen molar-refractivity contribution in [1.82, 2.24) is 25.2 Å². The van der Waals surface area contributed by atoms with Crippen molar-refractivity contribution in [2.75, 3.05) is 50.9 Å². The largest absolute Gasteiger partial charge is 0.508 e. The van der Waals surface area contributed by atoms with E-state index in [0.717, 1.165) is 25.8 Å². The van der Waals surface area contributed by atoms with Crippen LogP contribution in [0.2, 0.25) is 0 Å². The van der Waals surface area contributed by atoms with E-state index in [2.05, 4.69) is 21.1 Å². The van der Waals surface area contributed by atoms with Crippen LogP contribution in [0.25, 0.3) is 10.8 Å². The van der Waals surface area contributed by atoms with Gasteiger partial charge in [-0.1, -0.05) is 12.0 Å². The number of rotatable bonds is 11. The number of benzene rings is 2. The quantitative estimate of drug-likeness (QED) is 0.149. The molecule has 0 radical (unpaired) electrons. The van der Waals surface area contributed by atoms with Crippen LogP contribution in [0.15, 0.2) is 24.3 Å². The molecule has 4 aliphatic heterocycles. The fourth-order valence-corrected chi connectivity index (χ4v) is 8.04. The predicted octanol–water partition coefficient (Wildman–Crippen LogP) is 1.55. The summed E-state index contributed by atoms with van der Waals surface area (Å²) in [5.74, 6) is 0.0469. The Labute approximate surface area is 276 Å². The maximum Gasteiger partial charge on any atom is 0.321 e. The molecule has 4 fully saturated rings. The van der Waals surface area contributed by atoms with Crippen molar-refractivity contribution in [2.45, 2.75) is 74.2 Å². The van der Waals surface area contributed by atoms with Gasteiger partial charge in [0.05, 0.1) is 23.2 Å². The highest BCUT2D eigenvalue weighted by molar-refractivity contribution is 5.92. The second-order valence-electron chi connectivity index (χ2n) is 13.7. The summed E-state index contributed by atoms with van der Waals surface area (Å²) in [5.41, 5.74) is -0.307. The van der Waals surface area contributed by atoms with Gasteiger partial charge in [-0.3, -0.25) is 4.90 Å². The molecule has 14 heteroatoms. The first-order valence-electron chi connectivity index (χ1n) is 16.4. The lowest BCUT2D eigenvalue weighted by atomic mass is 9.95. The number of phenols is 1.